The van der Waals surface area contributed by atoms with Gasteiger partial charge >= 0.3 is 0 Å². The molecule has 1 aromatic rings. The van der Waals surface area contributed by atoms with Crippen LogP contribution in [0.4, 0.5) is 0 Å². The van der Waals surface area contributed by atoms with Gasteiger partial charge in [-0.1, -0.05) is 13.0 Å². The largest absolute Gasteiger partial charge is 0.376 e. The van der Waals surface area contributed by atoms with Gasteiger partial charge in [-0.25, -0.2) is 0 Å². The lowest BCUT2D eigenvalue weighted by Crippen LogP contribution is -2.52. The first kappa shape index (κ1) is 18.4. The Morgan fingerprint density at radius 1 is 1.32 bits per heavy atom. The predicted octanol–water partition coefficient (Wildman–Crippen LogP) is 2.01. The van der Waals surface area contributed by atoms with E-state index in [9.17, 15) is 9.59 Å². The fraction of sp³-hybridized carbons (Fsp3) is 0.667. The van der Waals surface area contributed by atoms with E-state index in [2.05, 4.69) is 6.92 Å². The number of carbonyl (C=O) groups excluding carboxylic acids is 2. The van der Waals surface area contributed by atoms with Crippen LogP contribution in [0, 0.1) is 0 Å². The number of likely N-dealkylation sites (tertiary alicyclic amines) is 1. The molecule has 6 nitrogen and oxygen atoms in total. The SMILES string of the molecule is CCCN(C(=O)c1cccs1)C1CCN(C(=O)C2COCCO2)CC1. The van der Waals surface area contributed by atoms with Crippen LogP contribution in [-0.4, -0.2) is 73.2 Å². The summed E-state index contributed by atoms with van der Waals surface area (Å²) in [6.45, 7) is 5.57. The number of thiophene rings is 1. The maximum Gasteiger partial charge on any atom is 0.264 e. The highest BCUT2D eigenvalue weighted by atomic mass is 32.1. The molecule has 2 amide bonds. The number of amides is 2. The first-order valence-corrected chi connectivity index (χ1v) is 9.91. The molecule has 2 aliphatic rings. The minimum atomic E-state index is -0.468. The number of piperidine rings is 1. The summed E-state index contributed by atoms with van der Waals surface area (Å²) in [5, 5.41) is 1.94. The molecular weight excluding hydrogens is 340 g/mol. The average molecular weight is 366 g/mol. The Hall–Kier alpha value is -1.44. The third kappa shape index (κ3) is 4.40. The normalized spacial score (nSPS) is 22.0. The van der Waals surface area contributed by atoms with Crippen LogP contribution in [0.3, 0.4) is 0 Å². The molecule has 2 saturated heterocycles. The van der Waals surface area contributed by atoms with Crippen molar-refractivity contribution >= 4 is 23.2 Å². The summed E-state index contributed by atoms with van der Waals surface area (Å²) in [6, 6.07) is 3.99. The maximum absolute atomic E-state index is 12.8. The van der Waals surface area contributed by atoms with Crippen molar-refractivity contribution in [1.29, 1.82) is 0 Å². The van der Waals surface area contributed by atoms with E-state index in [1.165, 1.54) is 11.3 Å². The third-order valence-corrected chi connectivity index (χ3v) is 5.62. The molecule has 2 fully saturated rings. The molecule has 0 radical (unpaired) electrons. The van der Waals surface area contributed by atoms with Gasteiger partial charge in [-0.2, -0.15) is 0 Å². The van der Waals surface area contributed by atoms with Gasteiger partial charge in [-0.3, -0.25) is 9.59 Å². The van der Waals surface area contributed by atoms with Crippen LogP contribution in [0.5, 0.6) is 0 Å². The van der Waals surface area contributed by atoms with Crippen LogP contribution < -0.4 is 0 Å². The second kappa shape index (κ2) is 8.78. The number of hydrogen-bond donors (Lipinski definition) is 0. The molecular formula is C18H26N2O4S. The van der Waals surface area contributed by atoms with Gasteiger partial charge in [-0.15, -0.1) is 11.3 Å². The van der Waals surface area contributed by atoms with Crippen molar-refractivity contribution in [2.24, 2.45) is 0 Å². The molecule has 25 heavy (non-hydrogen) atoms. The Bertz CT molecular complexity index is 564. The van der Waals surface area contributed by atoms with Gasteiger partial charge in [0.15, 0.2) is 6.10 Å². The summed E-state index contributed by atoms with van der Waals surface area (Å²) < 4.78 is 10.8. The first-order valence-electron chi connectivity index (χ1n) is 9.03. The molecule has 0 bridgehead atoms. The van der Waals surface area contributed by atoms with Crippen LogP contribution in [0.15, 0.2) is 17.5 Å². The maximum atomic E-state index is 12.8. The van der Waals surface area contributed by atoms with E-state index in [0.717, 1.165) is 30.7 Å². The lowest BCUT2D eigenvalue weighted by Gasteiger charge is -2.39. The Morgan fingerprint density at radius 3 is 2.72 bits per heavy atom. The average Bonchev–Trinajstić information content (AvgIpc) is 3.21. The zero-order valence-corrected chi connectivity index (χ0v) is 15.5. The van der Waals surface area contributed by atoms with Gasteiger partial charge in [0, 0.05) is 25.7 Å². The summed E-state index contributed by atoms with van der Waals surface area (Å²) in [6.07, 6.45) is 2.10. The second-order valence-electron chi connectivity index (χ2n) is 6.47. The van der Waals surface area contributed by atoms with E-state index >= 15 is 0 Å². The Morgan fingerprint density at radius 2 is 2.12 bits per heavy atom. The highest BCUT2D eigenvalue weighted by Gasteiger charge is 2.33. The zero-order valence-electron chi connectivity index (χ0n) is 14.7. The molecule has 3 rings (SSSR count). The van der Waals surface area contributed by atoms with Crippen LogP contribution in [0.1, 0.15) is 35.9 Å². The summed E-state index contributed by atoms with van der Waals surface area (Å²) in [5.41, 5.74) is 0. The van der Waals surface area contributed by atoms with Gasteiger partial charge < -0.3 is 19.3 Å². The number of hydrogen-bond acceptors (Lipinski definition) is 5. The van der Waals surface area contributed by atoms with Gasteiger partial charge in [0.25, 0.3) is 11.8 Å². The van der Waals surface area contributed by atoms with Gasteiger partial charge in [-0.05, 0) is 30.7 Å². The smallest absolute Gasteiger partial charge is 0.264 e. The van der Waals surface area contributed by atoms with E-state index in [1.54, 1.807) is 0 Å². The quantitative estimate of drug-likeness (QED) is 0.800. The lowest BCUT2D eigenvalue weighted by atomic mass is 10.0. The van der Waals surface area contributed by atoms with Crippen LogP contribution >= 0.6 is 11.3 Å². The summed E-state index contributed by atoms with van der Waals surface area (Å²) in [5.74, 6) is 0.135. The van der Waals surface area contributed by atoms with Gasteiger partial charge in [0.1, 0.15) is 0 Å². The monoisotopic (exact) mass is 366 g/mol. The summed E-state index contributed by atoms with van der Waals surface area (Å²) in [4.78, 5) is 29.9. The van der Waals surface area contributed by atoms with Gasteiger partial charge in [0.2, 0.25) is 0 Å². The van der Waals surface area contributed by atoms with Crippen LogP contribution in [0.25, 0.3) is 0 Å². The number of carbonyl (C=O) groups is 2. The molecule has 0 spiro atoms. The Kier molecular flexibility index (Phi) is 6.45. The number of rotatable bonds is 5. The number of nitrogens with zero attached hydrogens (tertiary/aromatic N) is 2. The highest BCUT2D eigenvalue weighted by molar-refractivity contribution is 7.12. The minimum Gasteiger partial charge on any atom is -0.376 e. The molecule has 1 aromatic heterocycles. The van der Waals surface area contributed by atoms with Crippen molar-refractivity contribution in [2.75, 3.05) is 39.5 Å². The fourth-order valence-electron chi connectivity index (χ4n) is 3.46. The molecule has 1 atom stereocenters. The van der Waals surface area contributed by atoms with Crippen LogP contribution in [-0.2, 0) is 14.3 Å². The van der Waals surface area contributed by atoms with Crippen molar-refractivity contribution < 1.29 is 19.1 Å². The minimum absolute atomic E-state index is 0.0183. The van der Waals surface area contributed by atoms with E-state index in [1.807, 2.05) is 27.3 Å². The molecule has 138 valence electrons. The molecule has 1 unspecified atom stereocenters. The standard InChI is InChI=1S/C18H26N2O4S/c1-2-7-20(18(22)16-4-3-12-25-16)14-5-8-19(9-6-14)17(21)15-13-23-10-11-24-15/h3-4,12,14-15H,2,5-11,13H2,1H3. The Labute approximate surface area is 152 Å². The summed E-state index contributed by atoms with van der Waals surface area (Å²) >= 11 is 1.49. The Balaban J connectivity index is 1.57. The predicted molar refractivity (Wildman–Crippen MR) is 95.8 cm³/mol. The van der Waals surface area contributed by atoms with Crippen molar-refractivity contribution in [2.45, 2.75) is 38.3 Å². The molecule has 3 heterocycles. The fourth-order valence-corrected chi connectivity index (χ4v) is 4.14. The lowest BCUT2D eigenvalue weighted by molar-refractivity contribution is -0.159. The van der Waals surface area contributed by atoms with Crippen molar-refractivity contribution in [3.05, 3.63) is 22.4 Å². The first-order chi connectivity index (χ1) is 12.2. The van der Waals surface area contributed by atoms with Crippen molar-refractivity contribution in [1.82, 2.24) is 9.80 Å². The number of ether oxygens (including phenoxy) is 2. The topological polar surface area (TPSA) is 59.1 Å². The molecule has 7 heteroatoms. The summed E-state index contributed by atoms with van der Waals surface area (Å²) in [7, 11) is 0. The van der Waals surface area contributed by atoms with Crippen LogP contribution in [0.2, 0.25) is 0 Å². The van der Waals surface area contributed by atoms with E-state index in [-0.39, 0.29) is 17.9 Å². The highest BCUT2D eigenvalue weighted by Crippen LogP contribution is 2.22. The van der Waals surface area contributed by atoms with Crippen molar-refractivity contribution in [3.63, 3.8) is 0 Å². The van der Waals surface area contributed by atoms with E-state index in [0.29, 0.717) is 32.9 Å². The third-order valence-electron chi connectivity index (χ3n) is 4.77. The van der Waals surface area contributed by atoms with E-state index in [4.69, 9.17) is 9.47 Å². The molecule has 0 saturated carbocycles. The van der Waals surface area contributed by atoms with Crippen molar-refractivity contribution in [3.8, 4) is 0 Å². The van der Waals surface area contributed by atoms with Gasteiger partial charge in [0.05, 0.1) is 24.7 Å². The molecule has 0 aromatic carbocycles. The molecule has 2 aliphatic heterocycles. The zero-order chi connectivity index (χ0) is 17.6. The van der Waals surface area contributed by atoms with E-state index < -0.39 is 6.10 Å². The second-order valence-corrected chi connectivity index (χ2v) is 7.41. The molecule has 0 N–H and O–H groups in total. The molecule has 0 aliphatic carbocycles.